The Morgan fingerprint density at radius 1 is 1.11 bits per heavy atom. The van der Waals surface area contributed by atoms with Crippen molar-refractivity contribution < 1.29 is 0 Å². The lowest BCUT2D eigenvalue weighted by molar-refractivity contribution is 0.613. The van der Waals surface area contributed by atoms with E-state index in [-0.39, 0.29) is 0 Å². The van der Waals surface area contributed by atoms with E-state index < -0.39 is 0 Å². The Morgan fingerprint density at radius 2 is 1.89 bits per heavy atom. The summed E-state index contributed by atoms with van der Waals surface area (Å²) in [5.41, 5.74) is 6.23. The van der Waals surface area contributed by atoms with Crippen molar-refractivity contribution in [3.8, 4) is 0 Å². The normalized spacial score (nSPS) is 14.2. The zero-order valence-electron chi connectivity index (χ0n) is 11.5. The van der Waals surface area contributed by atoms with Crippen molar-refractivity contribution in [2.75, 3.05) is 6.54 Å². The molecule has 0 aliphatic carbocycles. The van der Waals surface area contributed by atoms with Gasteiger partial charge in [-0.2, -0.15) is 0 Å². The quantitative estimate of drug-likeness (QED) is 0.892. The second-order valence-corrected chi connectivity index (χ2v) is 5.24. The van der Waals surface area contributed by atoms with Crippen molar-refractivity contribution >= 4 is 0 Å². The summed E-state index contributed by atoms with van der Waals surface area (Å²) in [6.07, 6.45) is 1.86. The minimum atomic E-state index is 0.814. The van der Waals surface area contributed by atoms with Crippen LogP contribution in [0.3, 0.4) is 0 Å². The number of aromatic nitrogens is 2. The van der Waals surface area contributed by atoms with E-state index in [1.54, 1.807) is 0 Å². The second-order valence-electron chi connectivity index (χ2n) is 5.24. The molecule has 1 aliphatic heterocycles. The van der Waals surface area contributed by atoms with Crippen LogP contribution in [0.4, 0.5) is 0 Å². The standard InChI is InChI=1S/C16H19N3/c1-11-3-5-13(6-4-11)9-16-18-12(2)14-7-8-17-10-15(14)19-16/h3-6,17H,7-10H2,1-2H3. The summed E-state index contributed by atoms with van der Waals surface area (Å²) in [6, 6.07) is 8.60. The molecule has 0 fully saturated rings. The fraction of sp³-hybridized carbons (Fsp3) is 0.375. The van der Waals surface area contributed by atoms with Crippen molar-refractivity contribution in [3.05, 3.63) is 58.2 Å². The number of hydrogen-bond acceptors (Lipinski definition) is 3. The molecule has 19 heavy (non-hydrogen) atoms. The van der Waals surface area contributed by atoms with Crippen LogP contribution in [0.5, 0.6) is 0 Å². The molecule has 0 saturated carbocycles. The summed E-state index contributed by atoms with van der Waals surface area (Å²) in [7, 11) is 0. The van der Waals surface area contributed by atoms with Gasteiger partial charge in [-0.15, -0.1) is 0 Å². The molecule has 3 nitrogen and oxygen atoms in total. The van der Waals surface area contributed by atoms with Crippen molar-refractivity contribution in [2.45, 2.75) is 33.2 Å². The second kappa shape index (κ2) is 5.10. The molecule has 0 saturated heterocycles. The Morgan fingerprint density at radius 3 is 2.68 bits per heavy atom. The molecule has 3 rings (SSSR count). The van der Waals surface area contributed by atoms with Gasteiger partial charge in [-0.25, -0.2) is 9.97 Å². The highest BCUT2D eigenvalue weighted by atomic mass is 15.0. The van der Waals surface area contributed by atoms with Crippen molar-refractivity contribution in [2.24, 2.45) is 0 Å². The minimum absolute atomic E-state index is 0.814. The molecule has 0 atom stereocenters. The largest absolute Gasteiger partial charge is 0.311 e. The number of benzene rings is 1. The van der Waals surface area contributed by atoms with Gasteiger partial charge in [0.1, 0.15) is 5.82 Å². The van der Waals surface area contributed by atoms with Crippen LogP contribution in [0.15, 0.2) is 24.3 Å². The number of aryl methyl sites for hydroxylation is 2. The van der Waals surface area contributed by atoms with Gasteiger partial charge in [0.2, 0.25) is 0 Å². The van der Waals surface area contributed by atoms with Gasteiger partial charge in [0.25, 0.3) is 0 Å². The zero-order valence-corrected chi connectivity index (χ0v) is 11.5. The summed E-state index contributed by atoms with van der Waals surface area (Å²) >= 11 is 0. The molecule has 0 bridgehead atoms. The van der Waals surface area contributed by atoms with Crippen LogP contribution in [0.1, 0.15) is 33.9 Å². The van der Waals surface area contributed by atoms with Crippen molar-refractivity contribution in [3.63, 3.8) is 0 Å². The third-order valence-corrected chi connectivity index (χ3v) is 3.67. The first-order chi connectivity index (χ1) is 9.22. The van der Waals surface area contributed by atoms with Crippen LogP contribution in [0.2, 0.25) is 0 Å². The smallest absolute Gasteiger partial charge is 0.133 e. The molecule has 0 spiro atoms. The highest BCUT2D eigenvalue weighted by Gasteiger charge is 2.15. The number of nitrogens with zero attached hydrogens (tertiary/aromatic N) is 2. The molecule has 3 heteroatoms. The van der Waals surface area contributed by atoms with Crippen LogP contribution in [-0.4, -0.2) is 16.5 Å². The number of hydrogen-bond donors (Lipinski definition) is 1. The number of fused-ring (bicyclic) bond motifs is 1. The predicted octanol–water partition coefficient (Wildman–Crippen LogP) is 2.33. The van der Waals surface area contributed by atoms with Crippen LogP contribution in [0, 0.1) is 13.8 Å². The molecule has 1 aromatic heterocycles. The highest BCUT2D eigenvalue weighted by molar-refractivity contribution is 5.29. The lowest BCUT2D eigenvalue weighted by Gasteiger charge is -2.18. The Labute approximate surface area is 114 Å². The Bertz CT molecular complexity index is 588. The number of rotatable bonds is 2. The molecule has 1 N–H and O–H groups in total. The van der Waals surface area contributed by atoms with Gasteiger partial charge in [0.15, 0.2) is 0 Å². The maximum Gasteiger partial charge on any atom is 0.133 e. The van der Waals surface area contributed by atoms with Crippen LogP contribution in [-0.2, 0) is 19.4 Å². The van der Waals surface area contributed by atoms with E-state index in [1.807, 2.05) is 0 Å². The fourth-order valence-electron chi connectivity index (χ4n) is 2.58. The molecular weight excluding hydrogens is 234 g/mol. The SMILES string of the molecule is Cc1ccc(Cc2nc(C)c3c(n2)CNCC3)cc1. The average Bonchev–Trinajstić information content (AvgIpc) is 2.42. The van der Waals surface area contributed by atoms with Gasteiger partial charge in [0.05, 0.1) is 5.69 Å². The lowest BCUT2D eigenvalue weighted by Crippen LogP contribution is -2.26. The Kier molecular flexibility index (Phi) is 3.30. The van der Waals surface area contributed by atoms with E-state index in [4.69, 9.17) is 4.98 Å². The molecule has 0 unspecified atom stereocenters. The number of nitrogens with one attached hydrogen (secondary N) is 1. The van der Waals surface area contributed by atoms with Crippen LogP contribution in [0.25, 0.3) is 0 Å². The zero-order chi connectivity index (χ0) is 13.2. The summed E-state index contributed by atoms with van der Waals surface area (Å²) in [4.78, 5) is 9.38. The predicted molar refractivity (Wildman–Crippen MR) is 76.2 cm³/mol. The molecular formula is C16H19N3. The average molecular weight is 253 g/mol. The van der Waals surface area contributed by atoms with Gasteiger partial charge in [0, 0.05) is 18.7 Å². The van der Waals surface area contributed by atoms with Gasteiger partial charge in [-0.1, -0.05) is 29.8 Å². The Balaban J connectivity index is 1.89. The topological polar surface area (TPSA) is 37.8 Å². The third kappa shape index (κ3) is 2.66. The lowest BCUT2D eigenvalue weighted by atomic mass is 10.0. The first-order valence-electron chi connectivity index (χ1n) is 6.84. The van der Waals surface area contributed by atoms with Crippen molar-refractivity contribution in [1.82, 2.24) is 15.3 Å². The van der Waals surface area contributed by atoms with Crippen molar-refractivity contribution in [1.29, 1.82) is 0 Å². The van der Waals surface area contributed by atoms with Crippen LogP contribution >= 0.6 is 0 Å². The van der Waals surface area contributed by atoms with Gasteiger partial charge >= 0.3 is 0 Å². The highest BCUT2D eigenvalue weighted by Crippen LogP contribution is 2.16. The summed E-state index contributed by atoms with van der Waals surface area (Å²) in [5, 5.41) is 3.38. The summed E-state index contributed by atoms with van der Waals surface area (Å²) < 4.78 is 0. The first kappa shape index (κ1) is 12.3. The molecule has 0 amide bonds. The molecule has 1 aliphatic rings. The molecule has 2 aromatic rings. The molecule has 1 aromatic carbocycles. The Hall–Kier alpha value is -1.74. The summed E-state index contributed by atoms with van der Waals surface area (Å²) in [5.74, 6) is 0.934. The van der Waals surface area contributed by atoms with E-state index in [0.717, 1.165) is 37.4 Å². The van der Waals surface area contributed by atoms with E-state index >= 15 is 0 Å². The van der Waals surface area contributed by atoms with E-state index in [2.05, 4.69) is 48.4 Å². The van der Waals surface area contributed by atoms with E-state index in [1.165, 1.54) is 22.4 Å². The van der Waals surface area contributed by atoms with Gasteiger partial charge in [-0.05, 0) is 37.9 Å². The van der Waals surface area contributed by atoms with E-state index in [0.29, 0.717) is 0 Å². The minimum Gasteiger partial charge on any atom is -0.311 e. The maximum absolute atomic E-state index is 4.72. The molecule has 98 valence electrons. The van der Waals surface area contributed by atoms with Gasteiger partial charge < -0.3 is 5.32 Å². The third-order valence-electron chi connectivity index (χ3n) is 3.67. The van der Waals surface area contributed by atoms with E-state index in [9.17, 15) is 0 Å². The first-order valence-corrected chi connectivity index (χ1v) is 6.84. The van der Waals surface area contributed by atoms with Gasteiger partial charge in [-0.3, -0.25) is 0 Å². The molecule has 0 radical (unpaired) electrons. The van der Waals surface area contributed by atoms with Crippen LogP contribution < -0.4 is 5.32 Å². The molecule has 2 heterocycles. The fourth-order valence-corrected chi connectivity index (χ4v) is 2.58. The summed E-state index contributed by atoms with van der Waals surface area (Å²) in [6.45, 7) is 6.12. The monoisotopic (exact) mass is 253 g/mol. The maximum atomic E-state index is 4.72.